The Kier molecular flexibility index (Phi) is 6.91. The summed E-state index contributed by atoms with van der Waals surface area (Å²) in [4.78, 5) is 27.5. The van der Waals surface area contributed by atoms with Gasteiger partial charge in [0.1, 0.15) is 5.82 Å². The van der Waals surface area contributed by atoms with E-state index in [4.69, 9.17) is 9.94 Å². The van der Waals surface area contributed by atoms with Crippen LogP contribution in [0.5, 0.6) is 0 Å². The summed E-state index contributed by atoms with van der Waals surface area (Å²) in [6, 6.07) is 10.0. The summed E-state index contributed by atoms with van der Waals surface area (Å²) < 4.78 is 18.7. The van der Waals surface area contributed by atoms with Gasteiger partial charge in [0.05, 0.1) is 16.9 Å². The fourth-order valence-corrected chi connectivity index (χ4v) is 2.48. The molecule has 0 aliphatic rings. The van der Waals surface area contributed by atoms with Crippen LogP contribution in [0.1, 0.15) is 15.9 Å². The number of amides is 1. The van der Waals surface area contributed by atoms with E-state index < -0.39 is 24.3 Å². The van der Waals surface area contributed by atoms with E-state index in [0.717, 1.165) is 6.07 Å². The van der Waals surface area contributed by atoms with Gasteiger partial charge in [0.2, 0.25) is 0 Å². The summed E-state index contributed by atoms with van der Waals surface area (Å²) in [5.41, 5.74) is 0.649. The highest BCUT2D eigenvalue weighted by Gasteiger charge is 2.19. The van der Waals surface area contributed by atoms with Crippen molar-refractivity contribution in [2.75, 3.05) is 37.9 Å². The van der Waals surface area contributed by atoms with Gasteiger partial charge in [-0.25, -0.2) is 9.18 Å². The lowest BCUT2D eigenvalue weighted by Crippen LogP contribution is -2.31. The molecule has 2 rings (SSSR count). The normalized spacial score (nSPS) is 10.4. The topological polar surface area (TPSA) is 96.4 Å². The number of carbonyl (C=O) groups is 2. The molecule has 1 amide bonds. The van der Waals surface area contributed by atoms with Crippen molar-refractivity contribution in [1.82, 2.24) is 4.90 Å². The van der Waals surface area contributed by atoms with Crippen LogP contribution in [0.2, 0.25) is 0 Å². The molecule has 0 bridgehead atoms. The molecule has 0 aliphatic carbocycles. The predicted molar refractivity (Wildman–Crippen MR) is 102 cm³/mol. The smallest absolute Gasteiger partial charge is 0.340 e. The number of likely N-dealkylation sites (N-methyl/N-ethyl adjacent to an activating group) is 1. The van der Waals surface area contributed by atoms with Crippen LogP contribution >= 0.6 is 0 Å². The second kappa shape index (κ2) is 9.16. The Hall–Kier alpha value is -3.17. The van der Waals surface area contributed by atoms with Gasteiger partial charge in [-0.15, -0.1) is 0 Å². The molecule has 0 saturated carbocycles. The first-order valence-corrected chi connectivity index (χ1v) is 8.32. The Morgan fingerprint density at radius 1 is 1.14 bits per heavy atom. The molecule has 0 heterocycles. The fraction of sp³-hybridized carbons (Fsp3) is 0.263. The van der Waals surface area contributed by atoms with Crippen molar-refractivity contribution in [3.8, 4) is 0 Å². The third-order valence-electron chi connectivity index (χ3n) is 4.02. The second-order valence-corrected chi connectivity index (χ2v) is 6.29. The van der Waals surface area contributed by atoms with Crippen molar-refractivity contribution < 1.29 is 23.9 Å². The lowest BCUT2D eigenvalue weighted by Gasteiger charge is -2.24. The maximum atomic E-state index is 13.7. The Balaban J connectivity index is 2.05. The van der Waals surface area contributed by atoms with E-state index in [2.05, 4.69) is 0 Å². The van der Waals surface area contributed by atoms with Crippen molar-refractivity contribution in [1.29, 1.82) is 0 Å². The van der Waals surface area contributed by atoms with Crippen molar-refractivity contribution in [2.24, 2.45) is 0 Å². The molecular weight excluding hydrogens is 369 g/mol. The van der Waals surface area contributed by atoms with Crippen LogP contribution in [0.15, 0.2) is 42.5 Å². The number of hydrogen-bond acceptors (Lipinski definition) is 7. The molecule has 0 radical (unpaired) electrons. The van der Waals surface area contributed by atoms with Crippen LogP contribution in [0.4, 0.5) is 15.8 Å². The van der Waals surface area contributed by atoms with Crippen LogP contribution in [-0.4, -0.2) is 49.7 Å². The van der Waals surface area contributed by atoms with Gasteiger partial charge in [0.15, 0.2) is 6.61 Å². The number of benzene rings is 2. The summed E-state index contributed by atoms with van der Waals surface area (Å²) in [6.45, 7) is -0.530. The van der Waals surface area contributed by atoms with Crippen molar-refractivity contribution >= 4 is 23.3 Å². The molecule has 0 aromatic heterocycles. The minimum Gasteiger partial charge on any atom is -0.733 e. The molecule has 0 saturated heterocycles. The van der Waals surface area contributed by atoms with Crippen molar-refractivity contribution in [2.45, 2.75) is 6.54 Å². The van der Waals surface area contributed by atoms with Gasteiger partial charge in [0.25, 0.3) is 5.91 Å². The molecule has 2 aromatic carbocycles. The molecule has 0 fully saturated rings. The summed E-state index contributed by atoms with van der Waals surface area (Å²) in [6.07, 6.45) is 0. The fourth-order valence-electron chi connectivity index (χ4n) is 2.48. The molecule has 150 valence electrons. The number of esters is 1. The van der Waals surface area contributed by atoms with E-state index in [1.807, 2.05) is 0 Å². The minimum absolute atomic E-state index is 0.0157. The zero-order chi connectivity index (χ0) is 20.8. The molecule has 28 heavy (non-hydrogen) atoms. The van der Waals surface area contributed by atoms with Gasteiger partial charge >= 0.3 is 5.97 Å². The van der Waals surface area contributed by atoms with Crippen molar-refractivity contribution in [3.05, 3.63) is 64.6 Å². The molecule has 0 unspecified atom stereocenters. The predicted octanol–water partition coefficient (Wildman–Crippen LogP) is 2.40. The number of ether oxygens (including phenoxy) is 1. The zero-order valence-corrected chi connectivity index (χ0v) is 15.8. The highest BCUT2D eigenvalue weighted by atomic mass is 19.1. The van der Waals surface area contributed by atoms with Gasteiger partial charge < -0.3 is 25.0 Å². The highest BCUT2D eigenvalue weighted by molar-refractivity contribution is 5.98. The number of anilines is 2. The standard InChI is InChI=1S/C19H21FN3O5/c1-21(2)17-9-8-14(23(26)27)10-15(17)19(25)28-12-18(24)22(3)11-13-6-4-5-7-16(13)20/h4-10,26H,11-12H2,1-3H3/q-1. The first kappa shape index (κ1) is 21.1. The average molecular weight is 390 g/mol. The maximum Gasteiger partial charge on any atom is 0.340 e. The average Bonchev–Trinajstić information content (AvgIpc) is 2.66. The Bertz CT molecular complexity index is 857. The number of carbonyl (C=O) groups excluding carboxylic acids is 2. The van der Waals surface area contributed by atoms with E-state index in [0.29, 0.717) is 11.3 Å². The third kappa shape index (κ3) is 5.18. The number of halogens is 1. The van der Waals surface area contributed by atoms with Crippen LogP contribution in [0, 0.1) is 11.0 Å². The Morgan fingerprint density at radius 2 is 1.82 bits per heavy atom. The van der Waals surface area contributed by atoms with Gasteiger partial charge in [-0.05, 0) is 24.3 Å². The van der Waals surface area contributed by atoms with Crippen LogP contribution in [0.3, 0.4) is 0 Å². The van der Waals surface area contributed by atoms with E-state index in [9.17, 15) is 19.2 Å². The van der Waals surface area contributed by atoms with Gasteiger partial charge in [0, 0.05) is 33.3 Å². The first-order valence-electron chi connectivity index (χ1n) is 8.32. The molecule has 0 spiro atoms. The molecule has 1 N–H and O–H groups in total. The quantitative estimate of drug-likeness (QED) is 0.573. The van der Waals surface area contributed by atoms with E-state index in [1.54, 1.807) is 37.2 Å². The van der Waals surface area contributed by atoms with Gasteiger partial charge in [-0.2, -0.15) is 0 Å². The maximum absolute atomic E-state index is 13.7. The van der Waals surface area contributed by atoms with Crippen molar-refractivity contribution in [3.63, 3.8) is 0 Å². The lowest BCUT2D eigenvalue weighted by molar-refractivity contribution is -0.133. The van der Waals surface area contributed by atoms with E-state index in [1.165, 1.54) is 30.1 Å². The van der Waals surface area contributed by atoms with E-state index in [-0.39, 0.29) is 23.0 Å². The molecular formula is C19H21FN3O5-. The third-order valence-corrected chi connectivity index (χ3v) is 4.02. The molecule has 2 aromatic rings. The first-order chi connectivity index (χ1) is 13.2. The summed E-state index contributed by atoms with van der Waals surface area (Å²) in [5, 5.41) is 19.7. The highest BCUT2D eigenvalue weighted by Crippen LogP contribution is 2.25. The monoisotopic (exact) mass is 390 g/mol. The summed E-state index contributed by atoms with van der Waals surface area (Å²) >= 11 is 0. The second-order valence-electron chi connectivity index (χ2n) is 6.29. The Labute approximate surface area is 161 Å². The minimum atomic E-state index is -0.833. The number of hydrogen-bond donors (Lipinski definition) is 1. The summed E-state index contributed by atoms with van der Waals surface area (Å²) in [5.74, 6) is -1.79. The van der Waals surface area contributed by atoms with Gasteiger partial charge in [-0.3, -0.25) is 10.0 Å². The van der Waals surface area contributed by atoms with Crippen LogP contribution < -0.4 is 10.1 Å². The van der Waals surface area contributed by atoms with E-state index >= 15 is 0 Å². The largest absolute Gasteiger partial charge is 0.733 e. The van der Waals surface area contributed by atoms with Crippen LogP contribution in [0.25, 0.3) is 0 Å². The SMILES string of the molecule is CN(Cc1ccccc1F)C(=O)COC(=O)c1cc(N([O-])O)ccc1N(C)C. The van der Waals surface area contributed by atoms with Gasteiger partial charge in [-0.1, -0.05) is 18.2 Å². The number of nitrogens with zero attached hydrogens (tertiary/aromatic N) is 3. The molecule has 0 atom stereocenters. The molecule has 8 nitrogen and oxygen atoms in total. The molecule has 0 aliphatic heterocycles. The zero-order valence-electron chi connectivity index (χ0n) is 15.8. The Morgan fingerprint density at radius 3 is 2.43 bits per heavy atom. The molecule has 9 heteroatoms. The number of rotatable bonds is 7. The summed E-state index contributed by atoms with van der Waals surface area (Å²) in [7, 11) is 4.84. The van der Waals surface area contributed by atoms with Crippen LogP contribution in [-0.2, 0) is 16.1 Å². The lowest BCUT2D eigenvalue weighted by atomic mass is 10.1.